The zero-order valence-electron chi connectivity index (χ0n) is 12.1. The van der Waals surface area contributed by atoms with E-state index in [9.17, 15) is 19.2 Å². The average molecular weight is 296 g/mol. The summed E-state index contributed by atoms with van der Waals surface area (Å²) >= 11 is 0. The number of rotatable bonds is 3. The molecule has 2 aliphatic heterocycles. The van der Waals surface area contributed by atoms with Crippen LogP contribution in [0.15, 0.2) is 0 Å². The molecule has 3 amide bonds. The van der Waals surface area contributed by atoms with Crippen LogP contribution in [0.1, 0.15) is 32.6 Å². The fourth-order valence-electron chi connectivity index (χ4n) is 2.82. The number of hydrogen-bond acceptors (Lipinski definition) is 4. The molecule has 0 unspecified atom stereocenters. The van der Waals surface area contributed by atoms with Crippen LogP contribution in [-0.2, 0) is 19.2 Å². The first-order valence-corrected chi connectivity index (χ1v) is 7.22. The number of carbonyl (C=O) groups excluding carboxylic acids is 3. The maximum absolute atomic E-state index is 12.1. The number of likely N-dealkylation sites (tertiary alicyclic amines) is 2. The average Bonchev–Trinajstić information content (AvgIpc) is 2.42. The van der Waals surface area contributed by atoms with E-state index in [4.69, 9.17) is 5.11 Å². The molecule has 7 nitrogen and oxygen atoms in total. The largest absolute Gasteiger partial charge is 0.481 e. The third kappa shape index (κ3) is 3.59. The van der Waals surface area contributed by atoms with Crippen LogP contribution in [0.5, 0.6) is 0 Å². The maximum Gasteiger partial charge on any atom is 0.306 e. The third-order valence-corrected chi connectivity index (χ3v) is 4.14. The van der Waals surface area contributed by atoms with Gasteiger partial charge < -0.3 is 10.0 Å². The van der Waals surface area contributed by atoms with Gasteiger partial charge in [-0.1, -0.05) is 6.92 Å². The van der Waals surface area contributed by atoms with Gasteiger partial charge in [0.2, 0.25) is 17.7 Å². The van der Waals surface area contributed by atoms with Crippen LogP contribution in [0.4, 0.5) is 0 Å². The summed E-state index contributed by atoms with van der Waals surface area (Å²) in [4.78, 5) is 49.2. The molecular formula is C14H20N2O5. The second-order valence-electron chi connectivity index (χ2n) is 5.88. The summed E-state index contributed by atoms with van der Waals surface area (Å²) in [6, 6.07) is 0. The normalized spacial score (nSPS) is 21.8. The van der Waals surface area contributed by atoms with E-state index in [1.807, 2.05) is 6.92 Å². The SMILES string of the molecule is CC1CC(=O)N(CC(=O)N2CCC(C(=O)O)CC2)C(=O)C1. The van der Waals surface area contributed by atoms with Crippen LogP contribution in [0.25, 0.3) is 0 Å². The molecule has 0 spiro atoms. The van der Waals surface area contributed by atoms with Gasteiger partial charge in [-0.15, -0.1) is 0 Å². The molecule has 0 aliphatic carbocycles. The van der Waals surface area contributed by atoms with Gasteiger partial charge in [0.15, 0.2) is 0 Å². The quantitative estimate of drug-likeness (QED) is 0.745. The van der Waals surface area contributed by atoms with E-state index in [1.54, 1.807) is 0 Å². The number of carbonyl (C=O) groups is 4. The summed E-state index contributed by atoms with van der Waals surface area (Å²) in [7, 11) is 0. The van der Waals surface area contributed by atoms with Crippen molar-refractivity contribution in [1.29, 1.82) is 0 Å². The number of carboxylic acids is 1. The summed E-state index contributed by atoms with van der Waals surface area (Å²) < 4.78 is 0. The summed E-state index contributed by atoms with van der Waals surface area (Å²) in [6.07, 6.45) is 1.42. The Morgan fingerprint density at radius 3 is 2.14 bits per heavy atom. The molecule has 0 saturated carbocycles. The van der Waals surface area contributed by atoms with Gasteiger partial charge in [-0.2, -0.15) is 0 Å². The van der Waals surface area contributed by atoms with Gasteiger partial charge >= 0.3 is 5.97 Å². The molecule has 2 heterocycles. The van der Waals surface area contributed by atoms with E-state index in [-0.39, 0.29) is 30.2 Å². The van der Waals surface area contributed by atoms with Crippen LogP contribution >= 0.6 is 0 Å². The van der Waals surface area contributed by atoms with E-state index in [2.05, 4.69) is 0 Å². The van der Waals surface area contributed by atoms with Gasteiger partial charge in [-0.3, -0.25) is 24.1 Å². The molecule has 2 fully saturated rings. The smallest absolute Gasteiger partial charge is 0.306 e. The Labute approximate surface area is 122 Å². The van der Waals surface area contributed by atoms with Gasteiger partial charge in [-0.05, 0) is 18.8 Å². The predicted octanol–water partition coefficient (Wildman–Crippen LogP) is 0.0947. The van der Waals surface area contributed by atoms with Gasteiger partial charge in [0.05, 0.1) is 5.92 Å². The highest BCUT2D eigenvalue weighted by Crippen LogP contribution is 2.20. The van der Waals surface area contributed by atoms with E-state index in [1.165, 1.54) is 4.90 Å². The van der Waals surface area contributed by atoms with Crippen LogP contribution in [0.3, 0.4) is 0 Å². The lowest BCUT2D eigenvalue weighted by atomic mass is 9.96. The molecule has 0 atom stereocenters. The van der Waals surface area contributed by atoms with Crippen molar-refractivity contribution in [2.24, 2.45) is 11.8 Å². The van der Waals surface area contributed by atoms with Crippen molar-refractivity contribution in [3.63, 3.8) is 0 Å². The molecule has 21 heavy (non-hydrogen) atoms. The maximum atomic E-state index is 12.1. The van der Waals surface area contributed by atoms with Crippen molar-refractivity contribution < 1.29 is 24.3 Å². The highest BCUT2D eigenvalue weighted by atomic mass is 16.4. The standard InChI is InChI=1S/C14H20N2O5/c1-9-6-11(17)16(12(18)7-9)8-13(19)15-4-2-10(3-5-15)14(20)21/h9-10H,2-8H2,1H3,(H,20,21). The van der Waals surface area contributed by atoms with Crippen molar-refractivity contribution in [2.75, 3.05) is 19.6 Å². The lowest BCUT2D eigenvalue weighted by Gasteiger charge is -2.33. The summed E-state index contributed by atoms with van der Waals surface area (Å²) in [5.74, 6) is -2.09. The number of imide groups is 1. The fourth-order valence-corrected chi connectivity index (χ4v) is 2.82. The Morgan fingerprint density at radius 2 is 1.67 bits per heavy atom. The minimum absolute atomic E-state index is 0.0302. The minimum Gasteiger partial charge on any atom is -0.481 e. The van der Waals surface area contributed by atoms with E-state index < -0.39 is 11.9 Å². The van der Waals surface area contributed by atoms with Gasteiger partial charge in [-0.25, -0.2) is 0 Å². The molecule has 0 aromatic heterocycles. The monoisotopic (exact) mass is 296 g/mol. The van der Waals surface area contributed by atoms with Crippen molar-refractivity contribution in [3.05, 3.63) is 0 Å². The molecule has 0 bridgehead atoms. The second kappa shape index (κ2) is 6.24. The Balaban J connectivity index is 1.89. The second-order valence-corrected chi connectivity index (χ2v) is 5.88. The summed E-state index contributed by atoms with van der Waals surface area (Å²) in [6.45, 7) is 2.35. The minimum atomic E-state index is -0.836. The van der Waals surface area contributed by atoms with Crippen LogP contribution in [-0.4, -0.2) is 58.2 Å². The zero-order valence-corrected chi connectivity index (χ0v) is 12.1. The number of carboxylic acid groups (broad SMARTS) is 1. The van der Waals surface area contributed by atoms with Gasteiger partial charge in [0, 0.05) is 25.9 Å². The molecule has 1 N–H and O–H groups in total. The van der Waals surface area contributed by atoms with Crippen molar-refractivity contribution >= 4 is 23.7 Å². The van der Waals surface area contributed by atoms with Crippen LogP contribution in [0.2, 0.25) is 0 Å². The van der Waals surface area contributed by atoms with Crippen LogP contribution < -0.4 is 0 Å². The van der Waals surface area contributed by atoms with Crippen molar-refractivity contribution in [2.45, 2.75) is 32.6 Å². The molecule has 0 aromatic rings. The highest BCUT2D eigenvalue weighted by Gasteiger charge is 2.34. The van der Waals surface area contributed by atoms with Crippen molar-refractivity contribution in [3.8, 4) is 0 Å². The molecule has 2 aliphatic rings. The first-order chi connectivity index (χ1) is 9.88. The lowest BCUT2D eigenvalue weighted by Crippen LogP contribution is -2.50. The molecule has 2 rings (SSSR count). The van der Waals surface area contributed by atoms with Crippen molar-refractivity contribution in [1.82, 2.24) is 9.80 Å². The number of hydrogen-bond donors (Lipinski definition) is 1. The van der Waals surface area contributed by atoms with Gasteiger partial charge in [0.25, 0.3) is 0 Å². The molecule has 7 heteroatoms. The summed E-state index contributed by atoms with van der Waals surface area (Å²) in [5, 5.41) is 8.92. The highest BCUT2D eigenvalue weighted by molar-refractivity contribution is 6.01. The number of nitrogens with zero attached hydrogens (tertiary/aromatic N) is 2. The van der Waals surface area contributed by atoms with E-state index >= 15 is 0 Å². The Morgan fingerprint density at radius 1 is 1.14 bits per heavy atom. The number of aliphatic carboxylic acids is 1. The first kappa shape index (κ1) is 15.5. The molecule has 0 radical (unpaired) electrons. The topological polar surface area (TPSA) is 95.0 Å². The predicted molar refractivity (Wildman–Crippen MR) is 72.1 cm³/mol. The van der Waals surface area contributed by atoms with Crippen LogP contribution in [0, 0.1) is 11.8 Å². The molecule has 0 aromatic carbocycles. The Bertz CT molecular complexity index is 450. The summed E-state index contributed by atoms with van der Waals surface area (Å²) in [5.41, 5.74) is 0. The zero-order chi connectivity index (χ0) is 15.6. The number of piperidine rings is 2. The van der Waals surface area contributed by atoms with Gasteiger partial charge in [0.1, 0.15) is 6.54 Å². The first-order valence-electron chi connectivity index (χ1n) is 7.22. The Hall–Kier alpha value is -1.92. The fraction of sp³-hybridized carbons (Fsp3) is 0.714. The third-order valence-electron chi connectivity index (χ3n) is 4.14. The van der Waals surface area contributed by atoms with E-state index in [0.717, 1.165) is 4.90 Å². The number of amides is 3. The molecule has 2 saturated heterocycles. The molecular weight excluding hydrogens is 276 g/mol. The Kier molecular flexibility index (Phi) is 4.59. The molecule has 116 valence electrons. The van der Waals surface area contributed by atoms with E-state index in [0.29, 0.717) is 38.8 Å². The lowest BCUT2D eigenvalue weighted by molar-refractivity contribution is -0.154.